The molecule has 15 heavy (non-hydrogen) atoms. The van der Waals surface area contributed by atoms with Gasteiger partial charge in [-0.05, 0) is 24.3 Å². The summed E-state index contributed by atoms with van der Waals surface area (Å²) < 4.78 is 10.4. The Morgan fingerprint density at radius 1 is 1.13 bits per heavy atom. The van der Waals surface area contributed by atoms with Gasteiger partial charge in [0, 0.05) is 0 Å². The standard InChI is InChI=1S/C11H6ClNO2/c12-8-4-1-3-7-10(13-15-11(7)8)9-5-2-6-14-9/h1-6H. The minimum atomic E-state index is 0.554. The average molecular weight is 220 g/mol. The monoisotopic (exact) mass is 219 g/mol. The van der Waals surface area contributed by atoms with E-state index >= 15 is 0 Å². The van der Waals surface area contributed by atoms with E-state index in [2.05, 4.69) is 5.16 Å². The average Bonchev–Trinajstić information content (AvgIpc) is 2.85. The van der Waals surface area contributed by atoms with Crippen LogP contribution in [0, 0.1) is 0 Å². The number of hydrogen-bond acceptors (Lipinski definition) is 3. The third-order valence-corrected chi connectivity index (χ3v) is 2.50. The molecule has 1 aromatic carbocycles. The fourth-order valence-corrected chi connectivity index (χ4v) is 1.73. The number of nitrogens with zero attached hydrogens (tertiary/aromatic N) is 1. The third-order valence-electron chi connectivity index (χ3n) is 2.20. The smallest absolute Gasteiger partial charge is 0.186 e. The van der Waals surface area contributed by atoms with Crippen molar-refractivity contribution in [3.8, 4) is 11.5 Å². The van der Waals surface area contributed by atoms with Gasteiger partial charge in [0.05, 0.1) is 16.7 Å². The van der Waals surface area contributed by atoms with Crippen molar-refractivity contribution in [1.82, 2.24) is 5.16 Å². The second-order valence-corrected chi connectivity index (χ2v) is 3.53. The second kappa shape index (κ2) is 3.14. The highest BCUT2D eigenvalue weighted by atomic mass is 35.5. The number of benzene rings is 1. The predicted octanol–water partition coefficient (Wildman–Crippen LogP) is 3.74. The molecule has 0 saturated heterocycles. The van der Waals surface area contributed by atoms with Gasteiger partial charge < -0.3 is 8.94 Å². The van der Waals surface area contributed by atoms with Crippen LogP contribution in [0.25, 0.3) is 22.4 Å². The van der Waals surface area contributed by atoms with Gasteiger partial charge in [-0.25, -0.2) is 0 Å². The molecule has 0 N–H and O–H groups in total. The summed E-state index contributed by atoms with van der Waals surface area (Å²) in [6, 6.07) is 9.16. The Bertz CT molecular complexity index is 598. The Morgan fingerprint density at radius 2 is 2.07 bits per heavy atom. The first-order chi connectivity index (χ1) is 7.36. The number of fused-ring (bicyclic) bond motifs is 1. The predicted molar refractivity (Wildman–Crippen MR) is 56.7 cm³/mol. The SMILES string of the molecule is Clc1cccc2c(-c3ccco3)noc12. The Morgan fingerprint density at radius 3 is 2.87 bits per heavy atom. The molecule has 0 spiro atoms. The Balaban J connectivity index is 2.34. The molecule has 0 aliphatic carbocycles. The first-order valence-electron chi connectivity index (χ1n) is 4.44. The van der Waals surface area contributed by atoms with E-state index < -0.39 is 0 Å². The van der Waals surface area contributed by atoms with Gasteiger partial charge in [0.25, 0.3) is 0 Å². The Kier molecular flexibility index (Phi) is 1.79. The first kappa shape index (κ1) is 8.56. The van der Waals surface area contributed by atoms with E-state index in [-0.39, 0.29) is 0 Å². The topological polar surface area (TPSA) is 39.2 Å². The van der Waals surface area contributed by atoms with E-state index in [0.29, 0.717) is 22.1 Å². The normalized spacial score (nSPS) is 11.0. The maximum atomic E-state index is 5.97. The number of para-hydroxylation sites is 1. The van der Waals surface area contributed by atoms with Crippen molar-refractivity contribution in [3.63, 3.8) is 0 Å². The van der Waals surface area contributed by atoms with Crippen LogP contribution < -0.4 is 0 Å². The highest BCUT2D eigenvalue weighted by Crippen LogP contribution is 2.31. The molecule has 3 aromatic rings. The van der Waals surface area contributed by atoms with E-state index in [1.807, 2.05) is 18.2 Å². The number of hydrogen-bond donors (Lipinski definition) is 0. The van der Waals surface area contributed by atoms with Crippen molar-refractivity contribution in [2.24, 2.45) is 0 Å². The number of halogens is 1. The number of rotatable bonds is 1. The molecule has 0 aliphatic heterocycles. The quantitative estimate of drug-likeness (QED) is 0.626. The molecule has 0 saturated carbocycles. The first-order valence-corrected chi connectivity index (χ1v) is 4.82. The summed E-state index contributed by atoms with van der Waals surface area (Å²) in [5.41, 5.74) is 1.27. The van der Waals surface area contributed by atoms with Crippen molar-refractivity contribution in [2.75, 3.05) is 0 Å². The molecule has 0 bridgehead atoms. The van der Waals surface area contributed by atoms with Gasteiger partial charge in [0.1, 0.15) is 0 Å². The van der Waals surface area contributed by atoms with Gasteiger partial charge in [0.15, 0.2) is 17.0 Å². The van der Waals surface area contributed by atoms with E-state index in [1.54, 1.807) is 18.4 Å². The zero-order valence-electron chi connectivity index (χ0n) is 7.61. The fraction of sp³-hybridized carbons (Fsp3) is 0. The summed E-state index contributed by atoms with van der Waals surface area (Å²) in [4.78, 5) is 0. The largest absolute Gasteiger partial charge is 0.463 e. The van der Waals surface area contributed by atoms with Crippen LogP contribution in [0.15, 0.2) is 45.5 Å². The summed E-state index contributed by atoms with van der Waals surface area (Å²) in [5, 5.41) is 5.36. The van der Waals surface area contributed by atoms with E-state index in [9.17, 15) is 0 Å². The van der Waals surface area contributed by atoms with E-state index in [0.717, 1.165) is 5.39 Å². The fourth-order valence-electron chi connectivity index (χ4n) is 1.52. The van der Waals surface area contributed by atoms with Gasteiger partial charge in [0.2, 0.25) is 0 Å². The molecular weight excluding hydrogens is 214 g/mol. The minimum absolute atomic E-state index is 0.554. The molecule has 3 rings (SSSR count). The lowest BCUT2D eigenvalue weighted by atomic mass is 10.2. The molecule has 0 aliphatic rings. The van der Waals surface area contributed by atoms with Crippen molar-refractivity contribution < 1.29 is 8.94 Å². The van der Waals surface area contributed by atoms with Gasteiger partial charge in [-0.3, -0.25) is 0 Å². The highest BCUT2D eigenvalue weighted by molar-refractivity contribution is 6.35. The third kappa shape index (κ3) is 1.24. The second-order valence-electron chi connectivity index (χ2n) is 3.13. The van der Waals surface area contributed by atoms with E-state index in [1.165, 1.54) is 0 Å². The van der Waals surface area contributed by atoms with Crippen molar-refractivity contribution >= 4 is 22.6 Å². The maximum absolute atomic E-state index is 5.97. The lowest BCUT2D eigenvalue weighted by Crippen LogP contribution is -1.73. The molecule has 4 heteroatoms. The van der Waals surface area contributed by atoms with Crippen LogP contribution in [0.3, 0.4) is 0 Å². The van der Waals surface area contributed by atoms with Gasteiger partial charge in [-0.2, -0.15) is 0 Å². The molecule has 0 radical (unpaired) electrons. The molecule has 2 aromatic heterocycles. The molecule has 0 amide bonds. The summed E-state index contributed by atoms with van der Waals surface area (Å²) >= 11 is 5.97. The van der Waals surface area contributed by atoms with Crippen LogP contribution in [-0.4, -0.2) is 5.16 Å². The summed E-state index contributed by atoms with van der Waals surface area (Å²) in [5.74, 6) is 0.677. The van der Waals surface area contributed by atoms with E-state index in [4.69, 9.17) is 20.5 Å². The number of aromatic nitrogens is 1. The highest BCUT2D eigenvalue weighted by Gasteiger charge is 2.13. The molecule has 0 atom stereocenters. The number of furan rings is 1. The lowest BCUT2D eigenvalue weighted by molar-refractivity contribution is 0.455. The zero-order valence-corrected chi connectivity index (χ0v) is 8.36. The molecule has 0 unspecified atom stereocenters. The zero-order chi connectivity index (χ0) is 10.3. The minimum Gasteiger partial charge on any atom is -0.463 e. The van der Waals surface area contributed by atoms with Crippen LogP contribution in [-0.2, 0) is 0 Å². The van der Waals surface area contributed by atoms with Gasteiger partial charge in [-0.1, -0.05) is 22.8 Å². The van der Waals surface area contributed by atoms with Crippen LogP contribution in [0.2, 0.25) is 5.02 Å². The molecule has 3 nitrogen and oxygen atoms in total. The van der Waals surface area contributed by atoms with Crippen LogP contribution in [0.1, 0.15) is 0 Å². The molecule has 0 fully saturated rings. The van der Waals surface area contributed by atoms with Crippen LogP contribution in [0.5, 0.6) is 0 Å². The molecular formula is C11H6ClNO2. The van der Waals surface area contributed by atoms with Crippen molar-refractivity contribution in [1.29, 1.82) is 0 Å². The van der Waals surface area contributed by atoms with Gasteiger partial charge in [-0.15, -0.1) is 0 Å². The van der Waals surface area contributed by atoms with Crippen LogP contribution >= 0.6 is 11.6 Å². The van der Waals surface area contributed by atoms with Gasteiger partial charge >= 0.3 is 0 Å². The van der Waals surface area contributed by atoms with Crippen molar-refractivity contribution in [3.05, 3.63) is 41.6 Å². The van der Waals surface area contributed by atoms with Crippen molar-refractivity contribution in [2.45, 2.75) is 0 Å². The molecule has 74 valence electrons. The Hall–Kier alpha value is -1.74. The Labute approximate surface area is 90.2 Å². The summed E-state index contributed by atoms with van der Waals surface area (Å²) in [6.45, 7) is 0. The summed E-state index contributed by atoms with van der Waals surface area (Å²) in [6.07, 6.45) is 1.60. The van der Waals surface area contributed by atoms with Crippen LogP contribution in [0.4, 0.5) is 0 Å². The summed E-state index contributed by atoms with van der Waals surface area (Å²) in [7, 11) is 0. The molecule has 2 heterocycles. The lowest BCUT2D eigenvalue weighted by Gasteiger charge is -1.91. The maximum Gasteiger partial charge on any atom is 0.186 e.